The summed E-state index contributed by atoms with van der Waals surface area (Å²) in [7, 11) is 0. The van der Waals surface area contributed by atoms with E-state index in [1.54, 1.807) is 31.2 Å². The first-order valence-electron chi connectivity index (χ1n) is 4.91. The zero-order chi connectivity index (χ0) is 10.7. The molecule has 2 heterocycles. The van der Waals surface area contributed by atoms with E-state index < -0.39 is 17.1 Å². The molecule has 0 aromatic carbocycles. The van der Waals surface area contributed by atoms with Gasteiger partial charge in [0.15, 0.2) is 5.60 Å². The van der Waals surface area contributed by atoms with Crippen molar-refractivity contribution in [2.45, 2.75) is 25.0 Å². The predicted octanol–water partition coefficient (Wildman–Crippen LogP) is 0.730. The molecule has 0 unspecified atom stereocenters. The van der Waals surface area contributed by atoms with Gasteiger partial charge in [-0.2, -0.15) is 0 Å². The van der Waals surface area contributed by atoms with Gasteiger partial charge in [-0.15, -0.1) is 0 Å². The van der Waals surface area contributed by atoms with E-state index in [0.717, 1.165) is 0 Å². The van der Waals surface area contributed by atoms with E-state index in [0.29, 0.717) is 0 Å². The first-order chi connectivity index (χ1) is 7.11. The van der Waals surface area contributed by atoms with E-state index in [1.807, 2.05) is 0 Å². The van der Waals surface area contributed by atoms with Crippen molar-refractivity contribution in [3.05, 3.63) is 24.3 Å². The number of carbonyl (C=O) groups is 2. The summed E-state index contributed by atoms with van der Waals surface area (Å²) >= 11 is 0. The summed E-state index contributed by atoms with van der Waals surface area (Å²) in [6.07, 6.45) is 6.70. The monoisotopic (exact) mass is 206 g/mol. The number of esters is 2. The average Bonchev–Trinajstić information content (AvgIpc) is 2.60. The molecule has 2 fully saturated rings. The van der Waals surface area contributed by atoms with Crippen LogP contribution < -0.4 is 0 Å². The number of allylic oxidation sites excluding steroid dienone is 2. The molecule has 0 radical (unpaired) electrons. The smallest absolute Gasteiger partial charge is 0.321 e. The normalized spacial score (nSPS) is 46.1. The Balaban J connectivity index is 2.25. The minimum atomic E-state index is -0.918. The summed E-state index contributed by atoms with van der Waals surface area (Å²) in [5.74, 6) is -0.698. The van der Waals surface area contributed by atoms with Gasteiger partial charge in [0, 0.05) is 0 Å². The topological polar surface area (TPSA) is 52.6 Å². The zero-order valence-electron chi connectivity index (χ0n) is 8.23. The van der Waals surface area contributed by atoms with Gasteiger partial charge in [0.25, 0.3) is 0 Å². The second-order valence-corrected chi connectivity index (χ2v) is 4.18. The van der Waals surface area contributed by atoms with Gasteiger partial charge >= 0.3 is 11.9 Å². The van der Waals surface area contributed by atoms with Crippen LogP contribution in [0.2, 0.25) is 0 Å². The van der Waals surface area contributed by atoms with Crippen LogP contribution in [-0.2, 0) is 19.1 Å². The Hall–Kier alpha value is -1.58. The van der Waals surface area contributed by atoms with Gasteiger partial charge in [0.2, 0.25) is 0 Å². The third-order valence-corrected chi connectivity index (χ3v) is 3.49. The Morgan fingerprint density at radius 3 is 2.80 bits per heavy atom. The van der Waals surface area contributed by atoms with Crippen molar-refractivity contribution < 1.29 is 19.1 Å². The van der Waals surface area contributed by atoms with Crippen molar-refractivity contribution in [3.8, 4) is 0 Å². The van der Waals surface area contributed by atoms with Gasteiger partial charge in [-0.3, -0.25) is 9.59 Å². The van der Waals surface area contributed by atoms with Crippen LogP contribution >= 0.6 is 0 Å². The third-order valence-electron chi connectivity index (χ3n) is 3.49. The summed E-state index contributed by atoms with van der Waals surface area (Å²) in [5.41, 5.74) is -1.83. The average molecular weight is 206 g/mol. The van der Waals surface area contributed by atoms with Gasteiger partial charge in [0.1, 0.15) is 11.5 Å². The fourth-order valence-corrected chi connectivity index (χ4v) is 2.71. The fraction of sp³-hybridized carbons (Fsp3) is 0.455. The highest BCUT2D eigenvalue weighted by atomic mass is 16.6. The lowest BCUT2D eigenvalue weighted by Gasteiger charge is -2.32. The molecule has 0 bridgehead atoms. The molecule has 0 amide bonds. The lowest BCUT2D eigenvalue weighted by molar-refractivity contribution is -0.154. The molecule has 2 aliphatic heterocycles. The summed E-state index contributed by atoms with van der Waals surface area (Å²) in [5, 5.41) is 0. The lowest BCUT2D eigenvalue weighted by Crippen LogP contribution is -2.47. The van der Waals surface area contributed by atoms with Gasteiger partial charge in [0.05, 0.1) is 6.42 Å². The van der Waals surface area contributed by atoms with E-state index in [-0.39, 0.29) is 18.4 Å². The van der Waals surface area contributed by atoms with E-state index in [4.69, 9.17) is 9.47 Å². The minimum Gasteiger partial charge on any atom is -0.457 e. The van der Waals surface area contributed by atoms with Crippen molar-refractivity contribution in [1.82, 2.24) is 0 Å². The van der Waals surface area contributed by atoms with Crippen molar-refractivity contribution in [3.63, 3.8) is 0 Å². The maximum atomic E-state index is 11.8. The number of hydrogen-bond donors (Lipinski definition) is 0. The lowest BCUT2D eigenvalue weighted by atomic mass is 9.69. The Morgan fingerprint density at radius 2 is 2.07 bits per heavy atom. The molecular weight excluding hydrogens is 196 g/mol. The van der Waals surface area contributed by atoms with Crippen LogP contribution in [0.5, 0.6) is 0 Å². The third kappa shape index (κ3) is 0.749. The van der Waals surface area contributed by atoms with Crippen LogP contribution in [0.1, 0.15) is 13.3 Å². The van der Waals surface area contributed by atoms with Crippen LogP contribution in [0.25, 0.3) is 0 Å². The molecule has 0 N–H and O–H groups in total. The predicted molar refractivity (Wildman–Crippen MR) is 49.7 cm³/mol. The van der Waals surface area contributed by atoms with Crippen LogP contribution in [0, 0.1) is 5.41 Å². The quantitative estimate of drug-likeness (QED) is 0.548. The molecule has 0 spiro atoms. The highest BCUT2D eigenvalue weighted by molar-refractivity contribution is 5.94. The molecule has 0 aromatic rings. The second kappa shape index (κ2) is 2.32. The van der Waals surface area contributed by atoms with Crippen LogP contribution in [0.3, 0.4) is 0 Å². The molecule has 3 atom stereocenters. The fourth-order valence-electron chi connectivity index (χ4n) is 2.71. The molecular formula is C11H10O4. The van der Waals surface area contributed by atoms with Crippen LogP contribution in [0.4, 0.5) is 0 Å². The first kappa shape index (κ1) is 8.71. The maximum absolute atomic E-state index is 11.8. The molecule has 0 saturated carbocycles. The highest BCUT2D eigenvalue weighted by Gasteiger charge is 2.72. The van der Waals surface area contributed by atoms with Gasteiger partial charge in [-0.05, 0) is 13.0 Å². The van der Waals surface area contributed by atoms with Gasteiger partial charge in [-0.1, -0.05) is 18.2 Å². The Kier molecular flexibility index (Phi) is 1.35. The summed E-state index contributed by atoms with van der Waals surface area (Å²) in [6, 6.07) is 0. The minimum absolute atomic E-state index is 0.0804. The SMILES string of the molecule is C[C@H]1OC(=O)[C@@]23C=CC=C[C@@]12OC(=O)C3. The molecule has 4 heteroatoms. The first-order valence-corrected chi connectivity index (χ1v) is 4.91. The van der Waals surface area contributed by atoms with E-state index in [1.165, 1.54) is 0 Å². The van der Waals surface area contributed by atoms with E-state index >= 15 is 0 Å². The van der Waals surface area contributed by atoms with E-state index in [9.17, 15) is 9.59 Å². The molecule has 0 aromatic heterocycles. The van der Waals surface area contributed by atoms with Crippen LogP contribution in [-0.4, -0.2) is 23.6 Å². The van der Waals surface area contributed by atoms with Crippen molar-refractivity contribution in [2.24, 2.45) is 5.41 Å². The molecule has 4 nitrogen and oxygen atoms in total. The zero-order valence-corrected chi connectivity index (χ0v) is 8.23. The second-order valence-electron chi connectivity index (χ2n) is 4.18. The molecule has 15 heavy (non-hydrogen) atoms. The van der Waals surface area contributed by atoms with Gasteiger partial charge < -0.3 is 9.47 Å². The molecule has 78 valence electrons. The summed E-state index contributed by atoms with van der Waals surface area (Å²) in [4.78, 5) is 23.2. The largest absolute Gasteiger partial charge is 0.457 e. The molecule has 1 aliphatic carbocycles. The molecule has 3 rings (SSSR count). The Labute approximate surface area is 86.5 Å². The molecule has 2 saturated heterocycles. The van der Waals surface area contributed by atoms with Crippen molar-refractivity contribution in [1.29, 1.82) is 0 Å². The Bertz CT molecular complexity index is 422. The number of rotatable bonds is 0. The number of hydrogen-bond acceptors (Lipinski definition) is 4. The summed E-state index contributed by atoms with van der Waals surface area (Å²) in [6.45, 7) is 1.75. The highest BCUT2D eigenvalue weighted by Crippen LogP contribution is 2.56. The number of cyclic esters (lactones) is 1. The van der Waals surface area contributed by atoms with Crippen molar-refractivity contribution in [2.75, 3.05) is 0 Å². The van der Waals surface area contributed by atoms with Crippen molar-refractivity contribution >= 4 is 11.9 Å². The molecule has 3 aliphatic rings. The standard InChI is InChI=1S/C11H10O4/c1-7-11-5-3-2-4-10(11,9(13)14-7)6-8(12)15-11/h2-5,7H,6H2,1H3/t7-,10+,11-/m1/s1. The van der Waals surface area contributed by atoms with E-state index in [2.05, 4.69) is 0 Å². The number of ether oxygens (including phenoxy) is 2. The summed E-state index contributed by atoms with van der Waals surface area (Å²) < 4.78 is 10.5. The maximum Gasteiger partial charge on any atom is 0.321 e. The number of carbonyl (C=O) groups excluding carboxylic acids is 2. The van der Waals surface area contributed by atoms with Gasteiger partial charge in [-0.25, -0.2) is 0 Å². The van der Waals surface area contributed by atoms with Crippen LogP contribution in [0.15, 0.2) is 24.3 Å². The Morgan fingerprint density at radius 1 is 1.33 bits per heavy atom.